The minimum Gasteiger partial charge on any atom is -0.362 e. The van der Waals surface area contributed by atoms with Crippen LogP contribution in [-0.4, -0.2) is 29.5 Å². The lowest BCUT2D eigenvalue weighted by atomic mass is 9.87. The molecule has 4 heteroatoms. The fourth-order valence-corrected chi connectivity index (χ4v) is 3.57. The first kappa shape index (κ1) is 14.8. The second-order valence-corrected chi connectivity index (χ2v) is 7.03. The molecular weight excluding hydrogens is 254 g/mol. The fraction of sp³-hybridized carbons (Fsp3) is 0.800. The number of nitrogens with one attached hydrogen (secondary N) is 1. The maximum atomic E-state index is 4.44. The Labute approximate surface area is 121 Å². The Bertz CT molecular complexity index is 367. The number of aromatic nitrogens is 1. The highest BCUT2D eigenvalue weighted by atomic mass is 32.1. The van der Waals surface area contributed by atoms with Gasteiger partial charge in [-0.15, -0.1) is 11.3 Å². The second-order valence-electron chi connectivity index (χ2n) is 5.92. The van der Waals surface area contributed by atoms with E-state index in [4.69, 9.17) is 0 Å². The summed E-state index contributed by atoms with van der Waals surface area (Å²) >= 11 is 1.81. The lowest BCUT2D eigenvalue weighted by molar-refractivity contribution is 0.153. The van der Waals surface area contributed by atoms with E-state index in [2.05, 4.69) is 36.0 Å². The van der Waals surface area contributed by atoms with Crippen LogP contribution in [0.25, 0.3) is 0 Å². The van der Waals surface area contributed by atoms with Crippen molar-refractivity contribution >= 4 is 16.5 Å². The molecule has 1 fully saturated rings. The average Bonchev–Trinajstić information content (AvgIpc) is 2.84. The van der Waals surface area contributed by atoms with Crippen molar-refractivity contribution in [3.8, 4) is 0 Å². The van der Waals surface area contributed by atoms with Gasteiger partial charge < -0.3 is 5.32 Å². The molecule has 0 spiro atoms. The third kappa shape index (κ3) is 4.46. The SMILES string of the molecule is CCCNc1ncc(CN2CCC(C(C)C)CC2)s1. The van der Waals surface area contributed by atoms with E-state index < -0.39 is 0 Å². The number of piperidine rings is 1. The molecule has 3 nitrogen and oxygen atoms in total. The van der Waals surface area contributed by atoms with Gasteiger partial charge in [0, 0.05) is 24.2 Å². The number of rotatable bonds is 6. The van der Waals surface area contributed by atoms with Crippen LogP contribution in [0.2, 0.25) is 0 Å². The zero-order chi connectivity index (χ0) is 13.7. The number of likely N-dealkylation sites (tertiary alicyclic amines) is 1. The fourth-order valence-electron chi connectivity index (χ4n) is 2.69. The molecule has 0 aliphatic carbocycles. The van der Waals surface area contributed by atoms with Crippen molar-refractivity contribution in [1.29, 1.82) is 0 Å². The largest absolute Gasteiger partial charge is 0.362 e. The molecule has 19 heavy (non-hydrogen) atoms. The molecule has 0 amide bonds. The zero-order valence-electron chi connectivity index (χ0n) is 12.5. The van der Waals surface area contributed by atoms with E-state index >= 15 is 0 Å². The number of anilines is 1. The van der Waals surface area contributed by atoms with Crippen molar-refractivity contribution in [1.82, 2.24) is 9.88 Å². The summed E-state index contributed by atoms with van der Waals surface area (Å²) in [5.74, 6) is 1.77. The third-order valence-electron chi connectivity index (χ3n) is 4.03. The van der Waals surface area contributed by atoms with Crippen LogP contribution in [0.1, 0.15) is 44.9 Å². The highest BCUT2D eigenvalue weighted by molar-refractivity contribution is 7.15. The van der Waals surface area contributed by atoms with Gasteiger partial charge >= 0.3 is 0 Å². The molecule has 0 bridgehead atoms. The summed E-state index contributed by atoms with van der Waals surface area (Å²) < 4.78 is 0. The Morgan fingerprint density at radius 1 is 1.42 bits per heavy atom. The summed E-state index contributed by atoms with van der Waals surface area (Å²) in [5, 5.41) is 4.44. The van der Waals surface area contributed by atoms with Crippen molar-refractivity contribution in [3.05, 3.63) is 11.1 Å². The van der Waals surface area contributed by atoms with Crippen molar-refractivity contribution in [2.45, 2.75) is 46.6 Å². The normalized spacial score (nSPS) is 18.1. The molecule has 2 heterocycles. The molecule has 1 N–H and O–H groups in total. The number of nitrogens with zero attached hydrogens (tertiary/aromatic N) is 2. The van der Waals surface area contributed by atoms with E-state index in [1.165, 1.54) is 30.8 Å². The Morgan fingerprint density at radius 2 is 2.16 bits per heavy atom. The van der Waals surface area contributed by atoms with E-state index in [9.17, 15) is 0 Å². The van der Waals surface area contributed by atoms with E-state index in [1.807, 2.05) is 17.5 Å². The lowest BCUT2D eigenvalue weighted by Crippen LogP contribution is -2.34. The van der Waals surface area contributed by atoms with Crippen LogP contribution >= 0.6 is 11.3 Å². The molecular formula is C15H27N3S. The summed E-state index contributed by atoms with van der Waals surface area (Å²) in [7, 11) is 0. The molecule has 1 aromatic rings. The maximum Gasteiger partial charge on any atom is 0.182 e. The quantitative estimate of drug-likeness (QED) is 0.859. The van der Waals surface area contributed by atoms with Gasteiger partial charge in [0.25, 0.3) is 0 Å². The van der Waals surface area contributed by atoms with Gasteiger partial charge in [0.1, 0.15) is 0 Å². The minimum absolute atomic E-state index is 0.843. The molecule has 0 aromatic carbocycles. The van der Waals surface area contributed by atoms with Gasteiger partial charge in [0.05, 0.1) is 0 Å². The smallest absolute Gasteiger partial charge is 0.182 e. The van der Waals surface area contributed by atoms with Gasteiger partial charge in [-0.3, -0.25) is 4.90 Å². The number of thiazole rings is 1. The molecule has 0 radical (unpaired) electrons. The molecule has 0 atom stereocenters. The predicted octanol–water partition coefficient (Wildman–Crippen LogP) is 3.83. The molecule has 1 aliphatic rings. The Balaban J connectivity index is 1.77. The standard InChI is InChI=1S/C15H27N3S/c1-4-7-16-15-17-10-14(19-15)11-18-8-5-13(6-9-18)12(2)3/h10,12-13H,4-9,11H2,1-3H3,(H,16,17). The van der Waals surface area contributed by atoms with Gasteiger partial charge in [0.2, 0.25) is 0 Å². The second kappa shape index (κ2) is 7.25. The van der Waals surface area contributed by atoms with Gasteiger partial charge in [0.15, 0.2) is 5.13 Å². The monoisotopic (exact) mass is 281 g/mol. The Morgan fingerprint density at radius 3 is 2.79 bits per heavy atom. The molecule has 0 saturated carbocycles. The van der Waals surface area contributed by atoms with Crippen molar-refractivity contribution < 1.29 is 0 Å². The highest BCUT2D eigenvalue weighted by Gasteiger charge is 2.21. The topological polar surface area (TPSA) is 28.2 Å². The zero-order valence-corrected chi connectivity index (χ0v) is 13.3. The van der Waals surface area contributed by atoms with Crippen molar-refractivity contribution in [3.63, 3.8) is 0 Å². The van der Waals surface area contributed by atoms with Crippen molar-refractivity contribution in [2.75, 3.05) is 25.0 Å². The van der Waals surface area contributed by atoms with Gasteiger partial charge in [-0.25, -0.2) is 4.98 Å². The van der Waals surface area contributed by atoms with Crippen LogP contribution in [0.3, 0.4) is 0 Å². The summed E-state index contributed by atoms with van der Waals surface area (Å²) in [6.45, 7) is 11.5. The maximum absolute atomic E-state index is 4.44. The minimum atomic E-state index is 0.843. The molecule has 2 rings (SSSR count). The van der Waals surface area contributed by atoms with Gasteiger partial charge in [-0.1, -0.05) is 20.8 Å². The lowest BCUT2D eigenvalue weighted by Gasteiger charge is -2.33. The summed E-state index contributed by atoms with van der Waals surface area (Å²) in [6, 6.07) is 0. The van der Waals surface area contributed by atoms with E-state index in [0.29, 0.717) is 0 Å². The average molecular weight is 281 g/mol. The predicted molar refractivity (Wildman–Crippen MR) is 83.7 cm³/mol. The van der Waals surface area contributed by atoms with Gasteiger partial charge in [-0.05, 0) is 44.2 Å². The molecule has 1 saturated heterocycles. The van der Waals surface area contributed by atoms with E-state index in [1.54, 1.807) is 0 Å². The van der Waals surface area contributed by atoms with E-state index in [0.717, 1.165) is 36.5 Å². The molecule has 0 unspecified atom stereocenters. The van der Waals surface area contributed by atoms with Crippen LogP contribution < -0.4 is 5.32 Å². The Kier molecular flexibility index (Phi) is 5.64. The first-order valence-corrected chi connectivity index (χ1v) is 8.41. The molecule has 1 aromatic heterocycles. The highest BCUT2D eigenvalue weighted by Crippen LogP contribution is 2.26. The Hall–Kier alpha value is -0.610. The summed E-state index contributed by atoms with van der Waals surface area (Å²) in [6.07, 6.45) is 5.91. The van der Waals surface area contributed by atoms with Crippen LogP contribution in [0, 0.1) is 11.8 Å². The summed E-state index contributed by atoms with van der Waals surface area (Å²) in [4.78, 5) is 8.41. The number of hydrogen-bond donors (Lipinski definition) is 1. The number of hydrogen-bond acceptors (Lipinski definition) is 4. The van der Waals surface area contributed by atoms with Crippen LogP contribution in [-0.2, 0) is 6.54 Å². The van der Waals surface area contributed by atoms with E-state index in [-0.39, 0.29) is 0 Å². The summed E-state index contributed by atoms with van der Waals surface area (Å²) in [5.41, 5.74) is 0. The molecule has 1 aliphatic heterocycles. The first-order valence-electron chi connectivity index (χ1n) is 7.60. The van der Waals surface area contributed by atoms with Gasteiger partial charge in [-0.2, -0.15) is 0 Å². The van der Waals surface area contributed by atoms with Crippen molar-refractivity contribution in [2.24, 2.45) is 11.8 Å². The van der Waals surface area contributed by atoms with Crippen LogP contribution in [0.5, 0.6) is 0 Å². The third-order valence-corrected chi connectivity index (χ3v) is 4.97. The molecule has 108 valence electrons. The first-order chi connectivity index (χ1) is 9.19. The van der Waals surface area contributed by atoms with Crippen LogP contribution in [0.4, 0.5) is 5.13 Å². The van der Waals surface area contributed by atoms with Crippen LogP contribution in [0.15, 0.2) is 6.20 Å².